The van der Waals surface area contributed by atoms with Gasteiger partial charge < -0.3 is 8.80 Å². The molecule has 0 aliphatic heterocycles. The monoisotopic (exact) mass is 566 g/mol. The third-order valence-electron chi connectivity index (χ3n) is 6.00. The molecule has 0 radical (unpaired) electrons. The summed E-state index contributed by atoms with van der Waals surface area (Å²) in [6, 6.07) is 14.6. The topological polar surface area (TPSA) is 69.9 Å². The van der Waals surface area contributed by atoms with E-state index in [0.717, 1.165) is 4.57 Å². The van der Waals surface area contributed by atoms with E-state index in [4.69, 9.17) is 23.2 Å². The first kappa shape index (κ1) is 26.1. The first-order valence-corrected chi connectivity index (χ1v) is 12.2. The fourth-order valence-corrected chi connectivity index (χ4v) is 4.80. The Labute approximate surface area is 229 Å². The molecule has 0 fully saturated rings. The molecule has 4 heterocycles. The molecule has 0 aliphatic rings. The van der Waals surface area contributed by atoms with Gasteiger partial charge in [-0.05, 0) is 55.5 Å². The van der Waals surface area contributed by atoms with Crippen molar-refractivity contribution in [1.29, 1.82) is 0 Å². The van der Waals surface area contributed by atoms with Gasteiger partial charge in [0.1, 0.15) is 28.4 Å². The van der Waals surface area contributed by atoms with E-state index in [0.29, 0.717) is 28.2 Å². The molecular formula is C28H18Cl2F2N4O3. The maximum atomic E-state index is 13.3. The van der Waals surface area contributed by atoms with Crippen LogP contribution in [-0.2, 0) is 0 Å². The van der Waals surface area contributed by atoms with Gasteiger partial charge in [0, 0.05) is 30.5 Å². The molecule has 6 aromatic rings. The Hall–Kier alpha value is -4.47. The smallest absolute Gasteiger partial charge is 0.281 e. The first-order valence-electron chi connectivity index (χ1n) is 11.5. The molecular weight excluding hydrogens is 549 g/mol. The minimum Gasteiger partial charge on any atom is -0.316 e. The molecule has 0 unspecified atom stereocenters. The lowest BCUT2D eigenvalue weighted by Gasteiger charge is -2.11. The second kappa shape index (κ2) is 10.4. The van der Waals surface area contributed by atoms with Crippen molar-refractivity contribution in [3.8, 4) is 11.4 Å². The van der Waals surface area contributed by atoms with E-state index in [9.17, 15) is 23.2 Å². The molecule has 0 bridgehead atoms. The van der Waals surface area contributed by atoms with Crippen LogP contribution in [0.2, 0.25) is 10.0 Å². The van der Waals surface area contributed by atoms with Crippen molar-refractivity contribution in [2.75, 3.05) is 0 Å². The Balaban J connectivity index is 0.000000158. The highest BCUT2D eigenvalue weighted by molar-refractivity contribution is 6.34. The average molecular weight is 567 g/mol. The Morgan fingerprint density at radius 2 is 1.21 bits per heavy atom. The van der Waals surface area contributed by atoms with Crippen molar-refractivity contribution in [2.45, 2.75) is 6.92 Å². The van der Waals surface area contributed by atoms with E-state index >= 15 is 0 Å². The standard InChI is InChI=1S/C14H8ClFN2O2.C14H10ClFN2O/c15-12-4-5-17-7-11(8-19)18(14(20)13(12)17)10-3-1-2-9(16)6-10;1-9-8-17-6-5-12(15)13(17)14(19)18(9)11-4-2-3-10(16)7-11/h1-8H;2-8H,1H3. The van der Waals surface area contributed by atoms with Crippen LogP contribution in [0.1, 0.15) is 16.2 Å². The summed E-state index contributed by atoms with van der Waals surface area (Å²) in [6.07, 6.45) is 7.11. The van der Waals surface area contributed by atoms with Crippen LogP contribution < -0.4 is 11.1 Å². The summed E-state index contributed by atoms with van der Waals surface area (Å²) in [4.78, 5) is 36.1. The zero-order chi connectivity index (χ0) is 27.8. The first-order chi connectivity index (χ1) is 18.7. The van der Waals surface area contributed by atoms with E-state index < -0.39 is 11.4 Å². The minimum atomic E-state index is -0.493. The number of aryl methyl sites for hydroxylation is 1. The Morgan fingerprint density at radius 3 is 1.72 bits per heavy atom. The molecule has 4 aromatic heterocycles. The molecule has 196 valence electrons. The lowest BCUT2D eigenvalue weighted by atomic mass is 10.3. The largest absolute Gasteiger partial charge is 0.316 e. The molecule has 0 saturated heterocycles. The van der Waals surface area contributed by atoms with Crippen LogP contribution in [0.15, 0.2) is 95.0 Å². The van der Waals surface area contributed by atoms with Gasteiger partial charge in [0.15, 0.2) is 6.29 Å². The highest BCUT2D eigenvalue weighted by Crippen LogP contribution is 2.19. The second-order valence-corrected chi connectivity index (χ2v) is 9.34. The highest BCUT2D eigenvalue weighted by Gasteiger charge is 2.14. The summed E-state index contributed by atoms with van der Waals surface area (Å²) >= 11 is 12.0. The van der Waals surface area contributed by atoms with Gasteiger partial charge in [-0.15, -0.1) is 0 Å². The van der Waals surface area contributed by atoms with Crippen molar-refractivity contribution < 1.29 is 13.6 Å². The number of carbonyl (C=O) groups is 1. The fraction of sp³-hybridized carbons (Fsp3) is 0.0357. The number of benzene rings is 2. The molecule has 0 spiro atoms. The van der Waals surface area contributed by atoms with Gasteiger partial charge in [-0.1, -0.05) is 35.3 Å². The number of rotatable bonds is 3. The number of hydrogen-bond donors (Lipinski definition) is 0. The number of nitrogens with zero attached hydrogens (tertiary/aromatic N) is 4. The van der Waals surface area contributed by atoms with Gasteiger partial charge in [0.25, 0.3) is 11.1 Å². The number of halogens is 4. The fourth-order valence-electron chi connectivity index (χ4n) is 4.33. The van der Waals surface area contributed by atoms with E-state index in [1.165, 1.54) is 45.5 Å². The average Bonchev–Trinajstić information content (AvgIpc) is 3.46. The quantitative estimate of drug-likeness (QED) is 0.251. The van der Waals surface area contributed by atoms with Crippen molar-refractivity contribution in [1.82, 2.24) is 17.9 Å². The number of carbonyl (C=O) groups excluding carboxylic acids is 1. The van der Waals surface area contributed by atoms with Gasteiger partial charge in [-0.2, -0.15) is 0 Å². The van der Waals surface area contributed by atoms with Gasteiger partial charge in [-0.25, -0.2) is 8.78 Å². The molecule has 0 saturated carbocycles. The highest BCUT2D eigenvalue weighted by atomic mass is 35.5. The van der Waals surface area contributed by atoms with E-state index in [2.05, 4.69) is 0 Å². The van der Waals surface area contributed by atoms with E-state index in [1.807, 2.05) is 0 Å². The van der Waals surface area contributed by atoms with Crippen LogP contribution in [0.25, 0.3) is 22.4 Å². The van der Waals surface area contributed by atoms with Crippen LogP contribution >= 0.6 is 23.2 Å². The Morgan fingerprint density at radius 1 is 0.718 bits per heavy atom. The predicted octanol–water partition coefficient (Wildman–Crippen LogP) is 5.89. The Kier molecular flexibility index (Phi) is 6.94. The maximum absolute atomic E-state index is 13.3. The number of fused-ring (bicyclic) bond motifs is 2. The molecule has 7 nitrogen and oxygen atoms in total. The number of hydrogen-bond acceptors (Lipinski definition) is 3. The molecule has 0 N–H and O–H groups in total. The summed E-state index contributed by atoms with van der Waals surface area (Å²) in [7, 11) is 0. The third kappa shape index (κ3) is 4.78. The summed E-state index contributed by atoms with van der Waals surface area (Å²) < 4.78 is 32.4. The predicted molar refractivity (Wildman–Crippen MR) is 146 cm³/mol. The molecule has 2 aromatic carbocycles. The van der Waals surface area contributed by atoms with Crippen molar-refractivity contribution >= 4 is 40.5 Å². The van der Waals surface area contributed by atoms with Crippen molar-refractivity contribution in [3.05, 3.63) is 139 Å². The number of aldehydes is 1. The van der Waals surface area contributed by atoms with Crippen LogP contribution in [0.4, 0.5) is 8.78 Å². The Bertz CT molecular complexity index is 2010. The molecule has 0 amide bonds. The van der Waals surface area contributed by atoms with Crippen LogP contribution in [0.3, 0.4) is 0 Å². The molecule has 0 aliphatic carbocycles. The zero-order valence-electron chi connectivity index (χ0n) is 20.2. The van der Waals surface area contributed by atoms with Crippen LogP contribution in [0.5, 0.6) is 0 Å². The van der Waals surface area contributed by atoms with Crippen LogP contribution in [0, 0.1) is 18.6 Å². The van der Waals surface area contributed by atoms with Crippen LogP contribution in [-0.4, -0.2) is 24.2 Å². The lowest BCUT2D eigenvalue weighted by Crippen LogP contribution is -2.24. The maximum Gasteiger partial charge on any atom is 0.281 e. The van der Waals surface area contributed by atoms with E-state index in [1.54, 1.807) is 60.2 Å². The summed E-state index contributed by atoms with van der Waals surface area (Å²) in [5.74, 6) is -0.877. The van der Waals surface area contributed by atoms with E-state index in [-0.39, 0.29) is 33.3 Å². The molecule has 11 heteroatoms. The van der Waals surface area contributed by atoms with Gasteiger partial charge in [0.2, 0.25) is 0 Å². The SMILES string of the molecule is Cc1cn2ccc(Cl)c2c(=O)n1-c1cccc(F)c1.O=Cc1cn2ccc(Cl)c2c(=O)n1-c1cccc(F)c1. The number of aromatic nitrogens is 4. The normalized spacial score (nSPS) is 11.0. The van der Waals surface area contributed by atoms with Gasteiger partial charge in [-0.3, -0.25) is 23.5 Å². The summed E-state index contributed by atoms with van der Waals surface area (Å²) in [5.41, 5.74) is 1.46. The molecule has 6 rings (SSSR count). The lowest BCUT2D eigenvalue weighted by molar-refractivity contribution is 0.111. The van der Waals surface area contributed by atoms with Crippen molar-refractivity contribution in [3.63, 3.8) is 0 Å². The minimum absolute atomic E-state index is 0.111. The summed E-state index contributed by atoms with van der Waals surface area (Å²) in [6.45, 7) is 1.79. The third-order valence-corrected chi connectivity index (χ3v) is 6.61. The zero-order valence-corrected chi connectivity index (χ0v) is 21.7. The summed E-state index contributed by atoms with van der Waals surface area (Å²) in [5, 5.41) is 0.660. The molecule has 0 atom stereocenters. The molecule has 39 heavy (non-hydrogen) atoms. The van der Waals surface area contributed by atoms with Gasteiger partial charge >= 0.3 is 0 Å². The van der Waals surface area contributed by atoms with Gasteiger partial charge in [0.05, 0.1) is 21.4 Å². The van der Waals surface area contributed by atoms with Crippen molar-refractivity contribution in [2.24, 2.45) is 0 Å². The second-order valence-electron chi connectivity index (χ2n) is 8.52.